The van der Waals surface area contributed by atoms with Gasteiger partial charge in [-0.05, 0) is 26.1 Å². The topological polar surface area (TPSA) is 109 Å². The van der Waals surface area contributed by atoms with E-state index in [-0.39, 0.29) is 5.84 Å². The van der Waals surface area contributed by atoms with Gasteiger partial charge in [-0.25, -0.2) is 9.98 Å². The number of fused-ring (bicyclic) bond motifs is 1. The Morgan fingerprint density at radius 3 is 2.60 bits per heavy atom. The smallest absolute Gasteiger partial charge is 0.151 e. The number of amidine groups is 1. The first-order valence-electron chi connectivity index (χ1n) is 9.82. The number of piperazine rings is 1. The predicted molar refractivity (Wildman–Crippen MR) is 120 cm³/mol. The van der Waals surface area contributed by atoms with Gasteiger partial charge in [-0.1, -0.05) is 11.6 Å². The molecule has 156 valence electrons. The highest BCUT2D eigenvalue weighted by Gasteiger charge is 2.22. The minimum atomic E-state index is 0.255. The Hall–Kier alpha value is -2.81. The molecule has 30 heavy (non-hydrogen) atoms. The van der Waals surface area contributed by atoms with Crippen LogP contribution in [-0.4, -0.2) is 64.5 Å². The maximum Gasteiger partial charge on any atom is 0.151 e. The van der Waals surface area contributed by atoms with Crippen LogP contribution >= 0.6 is 11.6 Å². The SMILES string of the molecule is C/C(N)=C1\N=C(c2ccncc2Cl)c2cc(CN3CCN(C)CC3)ncc2N=C1N. The van der Waals surface area contributed by atoms with Crippen molar-refractivity contribution in [3.05, 3.63) is 64.0 Å². The Morgan fingerprint density at radius 2 is 1.90 bits per heavy atom. The largest absolute Gasteiger partial charge is 0.400 e. The number of rotatable bonds is 3. The van der Waals surface area contributed by atoms with Crippen LogP contribution in [0.1, 0.15) is 23.7 Å². The lowest BCUT2D eigenvalue weighted by Crippen LogP contribution is -2.44. The van der Waals surface area contributed by atoms with Gasteiger partial charge in [-0.3, -0.25) is 14.9 Å². The lowest BCUT2D eigenvalue weighted by atomic mass is 10.0. The standard InChI is InChI=1S/C21H25ClN8/c1-13(23)19-21(24)27-18-11-26-14(12-30-7-5-29(2)6-8-30)9-16(18)20(28-19)15-3-4-25-10-17(15)22/h3-4,9-11H,5-8,12,23H2,1-2H3,(H2,24,27)/b19-13+. The lowest BCUT2D eigenvalue weighted by Gasteiger charge is -2.32. The summed E-state index contributed by atoms with van der Waals surface area (Å²) in [5, 5.41) is 0.495. The van der Waals surface area contributed by atoms with E-state index in [1.54, 1.807) is 25.5 Å². The number of hydrogen-bond donors (Lipinski definition) is 2. The first-order valence-corrected chi connectivity index (χ1v) is 10.2. The maximum absolute atomic E-state index is 6.46. The first-order chi connectivity index (χ1) is 14.4. The van der Waals surface area contributed by atoms with E-state index in [2.05, 4.69) is 31.8 Å². The molecule has 1 fully saturated rings. The third kappa shape index (κ3) is 4.21. The van der Waals surface area contributed by atoms with Gasteiger partial charge in [0.25, 0.3) is 0 Å². The molecule has 0 aromatic carbocycles. The molecule has 4 N–H and O–H groups in total. The van der Waals surface area contributed by atoms with Crippen molar-refractivity contribution in [2.75, 3.05) is 33.2 Å². The van der Waals surface area contributed by atoms with Crippen LogP contribution in [0.15, 0.2) is 52.1 Å². The molecule has 0 atom stereocenters. The minimum Gasteiger partial charge on any atom is -0.400 e. The zero-order valence-corrected chi connectivity index (χ0v) is 17.9. The number of nitrogens with two attached hydrogens (primary N) is 2. The van der Waals surface area contributed by atoms with Gasteiger partial charge in [-0.15, -0.1) is 0 Å². The molecule has 0 amide bonds. The normalized spacial score (nSPS) is 19.6. The van der Waals surface area contributed by atoms with Crippen LogP contribution in [0.4, 0.5) is 5.69 Å². The Balaban J connectivity index is 1.80. The van der Waals surface area contributed by atoms with Crippen molar-refractivity contribution < 1.29 is 0 Å². The van der Waals surface area contributed by atoms with Gasteiger partial charge in [0, 0.05) is 61.9 Å². The Morgan fingerprint density at radius 1 is 1.13 bits per heavy atom. The van der Waals surface area contributed by atoms with E-state index in [1.807, 2.05) is 12.1 Å². The van der Waals surface area contributed by atoms with Gasteiger partial charge in [0.1, 0.15) is 5.70 Å². The second kappa shape index (κ2) is 8.51. The van der Waals surface area contributed by atoms with E-state index in [1.165, 1.54) is 0 Å². The average Bonchev–Trinajstić information content (AvgIpc) is 2.86. The number of likely N-dealkylation sites (N-methyl/N-ethyl adjacent to an activating group) is 1. The second-order valence-electron chi connectivity index (χ2n) is 7.62. The van der Waals surface area contributed by atoms with Crippen LogP contribution in [-0.2, 0) is 6.54 Å². The highest BCUT2D eigenvalue weighted by Crippen LogP contribution is 2.30. The van der Waals surface area contributed by atoms with E-state index < -0.39 is 0 Å². The van der Waals surface area contributed by atoms with Crippen molar-refractivity contribution >= 4 is 28.8 Å². The summed E-state index contributed by atoms with van der Waals surface area (Å²) in [4.78, 5) is 22.8. The van der Waals surface area contributed by atoms with Crippen LogP contribution in [0.3, 0.4) is 0 Å². The van der Waals surface area contributed by atoms with Crippen molar-refractivity contribution in [1.29, 1.82) is 0 Å². The molecular formula is C21H25ClN8. The van der Waals surface area contributed by atoms with Gasteiger partial charge < -0.3 is 16.4 Å². The summed E-state index contributed by atoms with van der Waals surface area (Å²) in [5.74, 6) is 0.255. The predicted octanol–water partition coefficient (Wildman–Crippen LogP) is 1.91. The minimum absolute atomic E-state index is 0.255. The number of hydrogen-bond acceptors (Lipinski definition) is 8. The van der Waals surface area contributed by atoms with Crippen LogP contribution < -0.4 is 11.5 Å². The second-order valence-corrected chi connectivity index (χ2v) is 8.02. The molecule has 0 radical (unpaired) electrons. The quantitative estimate of drug-likeness (QED) is 0.778. The molecular weight excluding hydrogens is 400 g/mol. The molecule has 2 aliphatic rings. The Labute approximate surface area is 181 Å². The van der Waals surface area contributed by atoms with Gasteiger partial charge >= 0.3 is 0 Å². The average molecular weight is 425 g/mol. The van der Waals surface area contributed by atoms with Crippen LogP contribution in [0, 0.1) is 0 Å². The number of nitrogens with zero attached hydrogens (tertiary/aromatic N) is 6. The van der Waals surface area contributed by atoms with Gasteiger partial charge in [0.2, 0.25) is 0 Å². The summed E-state index contributed by atoms with van der Waals surface area (Å²) < 4.78 is 0. The van der Waals surface area contributed by atoms with Crippen LogP contribution in [0.5, 0.6) is 0 Å². The third-order valence-corrected chi connectivity index (χ3v) is 5.59. The molecule has 0 bridgehead atoms. The molecule has 2 aromatic rings. The highest BCUT2D eigenvalue weighted by molar-refractivity contribution is 6.36. The van der Waals surface area contributed by atoms with Crippen LogP contribution in [0.2, 0.25) is 5.02 Å². The number of aliphatic imine (C=N–C) groups is 2. The summed E-state index contributed by atoms with van der Waals surface area (Å²) in [6.07, 6.45) is 5.02. The summed E-state index contributed by atoms with van der Waals surface area (Å²) in [6.45, 7) is 6.63. The van der Waals surface area contributed by atoms with E-state index in [9.17, 15) is 0 Å². The Kier molecular flexibility index (Phi) is 5.80. The molecule has 0 aliphatic carbocycles. The molecule has 2 aliphatic heterocycles. The van der Waals surface area contributed by atoms with E-state index in [0.717, 1.165) is 49.5 Å². The molecule has 9 heteroatoms. The highest BCUT2D eigenvalue weighted by atomic mass is 35.5. The van der Waals surface area contributed by atoms with Gasteiger partial charge in [0.05, 0.1) is 28.3 Å². The summed E-state index contributed by atoms with van der Waals surface area (Å²) >= 11 is 6.46. The monoisotopic (exact) mass is 424 g/mol. The van der Waals surface area contributed by atoms with Crippen molar-refractivity contribution in [3.8, 4) is 0 Å². The Bertz CT molecular complexity index is 1050. The van der Waals surface area contributed by atoms with Crippen molar-refractivity contribution in [2.45, 2.75) is 13.5 Å². The molecule has 4 rings (SSSR count). The molecule has 1 saturated heterocycles. The zero-order chi connectivity index (χ0) is 21.3. The van der Waals surface area contributed by atoms with Crippen molar-refractivity contribution in [2.24, 2.45) is 21.5 Å². The maximum atomic E-state index is 6.46. The number of allylic oxidation sites excluding steroid dienone is 1. The molecule has 0 saturated carbocycles. The van der Waals surface area contributed by atoms with Crippen LogP contribution in [0.25, 0.3) is 0 Å². The fourth-order valence-corrected chi connectivity index (χ4v) is 3.78. The van der Waals surface area contributed by atoms with Gasteiger partial charge in [-0.2, -0.15) is 0 Å². The number of aromatic nitrogens is 2. The molecule has 8 nitrogen and oxygen atoms in total. The van der Waals surface area contributed by atoms with E-state index in [0.29, 0.717) is 27.8 Å². The number of halogens is 1. The fourth-order valence-electron chi connectivity index (χ4n) is 3.57. The summed E-state index contributed by atoms with van der Waals surface area (Å²) in [6, 6.07) is 3.85. The first kappa shape index (κ1) is 20.5. The third-order valence-electron chi connectivity index (χ3n) is 5.28. The summed E-state index contributed by atoms with van der Waals surface area (Å²) in [5.41, 5.74) is 17.0. The van der Waals surface area contributed by atoms with E-state index in [4.69, 9.17) is 28.1 Å². The number of pyridine rings is 2. The molecule has 0 spiro atoms. The van der Waals surface area contributed by atoms with Gasteiger partial charge in [0.15, 0.2) is 5.84 Å². The molecule has 0 unspecified atom stereocenters. The van der Waals surface area contributed by atoms with Crippen molar-refractivity contribution in [1.82, 2.24) is 19.8 Å². The fraction of sp³-hybridized carbons (Fsp3) is 0.333. The van der Waals surface area contributed by atoms with E-state index >= 15 is 0 Å². The molecule has 4 heterocycles. The lowest BCUT2D eigenvalue weighted by molar-refractivity contribution is 0.147. The molecule has 2 aromatic heterocycles. The zero-order valence-electron chi connectivity index (χ0n) is 17.1. The summed E-state index contributed by atoms with van der Waals surface area (Å²) in [7, 11) is 2.14. The van der Waals surface area contributed by atoms with Crippen molar-refractivity contribution in [3.63, 3.8) is 0 Å².